The Hall–Kier alpha value is -1.57. The summed E-state index contributed by atoms with van der Waals surface area (Å²) in [5.41, 5.74) is 2.31. The Balaban J connectivity index is 0.00000176. The quantitative estimate of drug-likeness (QED) is 0.452. The second kappa shape index (κ2) is 8.17. The van der Waals surface area contributed by atoms with E-state index in [0.29, 0.717) is 12.6 Å². The highest BCUT2D eigenvalue weighted by molar-refractivity contribution is 14.0. The van der Waals surface area contributed by atoms with Crippen molar-refractivity contribution in [3.63, 3.8) is 0 Å². The number of guanidine groups is 1. The largest absolute Gasteiger partial charge is 0.357 e. The minimum atomic E-state index is 0. The molecule has 0 bridgehead atoms. The topological polar surface area (TPSA) is 54.2 Å². The summed E-state index contributed by atoms with van der Waals surface area (Å²) >= 11 is 0. The van der Waals surface area contributed by atoms with E-state index in [9.17, 15) is 0 Å². The van der Waals surface area contributed by atoms with E-state index in [0.717, 1.165) is 18.2 Å². The molecule has 6 heteroatoms. The zero-order valence-corrected chi connectivity index (χ0v) is 15.0. The van der Waals surface area contributed by atoms with Gasteiger partial charge in [0.15, 0.2) is 5.96 Å². The number of rotatable bonds is 5. The van der Waals surface area contributed by atoms with E-state index in [2.05, 4.69) is 34.7 Å². The highest BCUT2D eigenvalue weighted by atomic mass is 127. The maximum absolute atomic E-state index is 4.70. The van der Waals surface area contributed by atoms with Crippen LogP contribution in [0.1, 0.15) is 25.3 Å². The van der Waals surface area contributed by atoms with Crippen molar-refractivity contribution < 1.29 is 0 Å². The predicted molar refractivity (Wildman–Crippen MR) is 100.0 cm³/mol. The molecule has 0 aliphatic heterocycles. The number of hydrogen-bond acceptors (Lipinski definition) is 2. The molecule has 0 unspecified atom stereocenters. The molecule has 0 atom stereocenters. The third kappa shape index (κ3) is 4.46. The number of halogens is 1. The van der Waals surface area contributed by atoms with Gasteiger partial charge in [0.05, 0.1) is 18.6 Å². The van der Waals surface area contributed by atoms with Crippen LogP contribution in [0, 0.1) is 0 Å². The normalized spacial score (nSPS) is 14.3. The molecule has 2 aromatic rings. The van der Waals surface area contributed by atoms with E-state index >= 15 is 0 Å². The summed E-state index contributed by atoms with van der Waals surface area (Å²) in [4.78, 5) is 8.81. The lowest BCUT2D eigenvalue weighted by atomic mass is 10.2. The van der Waals surface area contributed by atoms with Gasteiger partial charge in [-0.3, -0.25) is 0 Å². The van der Waals surface area contributed by atoms with E-state index < -0.39 is 0 Å². The monoisotopic (exact) mass is 411 g/mol. The zero-order chi connectivity index (χ0) is 14.5. The molecular formula is C16H22IN5. The van der Waals surface area contributed by atoms with Gasteiger partial charge in [-0.25, -0.2) is 9.98 Å². The van der Waals surface area contributed by atoms with Crippen LogP contribution in [-0.4, -0.2) is 28.1 Å². The fourth-order valence-electron chi connectivity index (χ4n) is 2.20. The van der Waals surface area contributed by atoms with Crippen LogP contribution in [0.2, 0.25) is 0 Å². The van der Waals surface area contributed by atoms with Crippen molar-refractivity contribution in [1.82, 2.24) is 20.2 Å². The Morgan fingerprint density at radius 3 is 2.86 bits per heavy atom. The van der Waals surface area contributed by atoms with Gasteiger partial charge >= 0.3 is 0 Å². The fraction of sp³-hybridized carbons (Fsp3) is 0.375. The Morgan fingerprint density at radius 2 is 2.18 bits per heavy atom. The van der Waals surface area contributed by atoms with Gasteiger partial charge in [-0.15, -0.1) is 24.0 Å². The van der Waals surface area contributed by atoms with Crippen molar-refractivity contribution in [2.75, 3.05) is 6.54 Å². The van der Waals surface area contributed by atoms with Crippen LogP contribution in [0.4, 0.5) is 0 Å². The minimum absolute atomic E-state index is 0. The van der Waals surface area contributed by atoms with Crippen molar-refractivity contribution in [3.8, 4) is 5.69 Å². The molecule has 1 heterocycles. The lowest BCUT2D eigenvalue weighted by Gasteiger charge is -2.12. The van der Waals surface area contributed by atoms with Gasteiger partial charge in [-0.05, 0) is 31.4 Å². The van der Waals surface area contributed by atoms with Crippen molar-refractivity contribution in [2.45, 2.75) is 32.4 Å². The smallest absolute Gasteiger partial charge is 0.191 e. The Kier molecular flexibility index (Phi) is 6.23. The molecule has 1 fully saturated rings. The van der Waals surface area contributed by atoms with Crippen LogP contribution in [-0.2, 0) is 6.54 Å². The molecule has 3 rings (SSSR count). The number of benzene rings is 1. The van der Waals surface area contributed by atoms with Crippen LogP contribution in [0.3, 0.4) is 0 Å². The molecule has 1 aliphatic carbocycles. The van der Waals surface area contributed by atoms with Gasteiger partial charge in [-0.1, -0.05) is 18.2 Å². The van der Waals surface area contributed by atoms with E-state index in [-0.39, 0.29) is 24.0 Å². The van der Waals surface area contributed by atoms with Gasteiger partial charge in [0.1, 0.15) is 0 Å². The third-order valence-electron chi connectivity index (χ3n) is 3.44. The van der Waals surface area contributed by atoms with E-state index in [1.165, 1.54) is 18.4 Å². The van der Waals surface area contributed by atoms with Gasteiger partial charge in [0, 0.05) is 25.0 Å². The molecule has 22 heavy (non-hydrogen) atoms. The van der Waals surface area contributed by atoms with E-state index in [1.807, 2.05) is 29.2 Å². The molecule has 0 spiro atoms. The first-order chi connectivity index (χ1) is 10.4. The Bertz CT molecular complexity index is 605. The SMILES string of the molecule is CCNC(=NCc1ccccc1-n1ccnc1)NC1CC1.I. The summed E-state index contributed by atoms with van der Waals surface area (Å²) in [7, 11) is 0. The van der Waals surface area contributed by atoms with E-state index in [1.54, 1.807) is 6.20 Å². The van der Waals surface area contributed by atoms with Gasteiger partial charge in [-0.2, -0.15) is 0 Å². The van der Waals surface area contributed by atoms with Gasteiger partial charge < -0.3 is 15.2 Å². The van der Waals surface area contributed by atoms with Gasteiger partial charge in [0.25, 0.3) is 0 Å². The minimum Gasteiger partial charge on any atom is -0.357 e. The number of nitrogens with zero attached hydrogens (tertiary/aromatic N) is 3. The molecular weight excluding hydrogens is 389 g/mol. The number of aliphatic imine (C=N–C) groups is 1. The number of para-hydroxylation sites is 1. The average Bonchev–Trinajstić information content (AvgIpc) is 3.15. The highest BCUT2D eigenvalue weighted by Crippen LogP contribution is 2.19. The first-order valence-electron chi connectivity index (χ1n) is 7.48. The molecule has 118 valence electrons. The lowest BCUT2D eigenvalue weighted by molar-refractivity contribution is 0.811. The Morgan fingerprint density at radius 1 is 1.36 bits per heavy atom. The standard InChI is InChI=1S/C16H21N5.HI/c1-2-18-16(20-14-7-8-14)19-11-13-5-3-4-6-15(13)21-10-9-17-12-21;/h3-6,9-10,12,14H,2,7-8,11H2,1H3,(H2,18,19,20);1H. The van der Waals surface area contributed by atoms with Gasteiger partial charge in [0.2, 0.25) is 0 Å². The molecule has 1 aliphatic rings. The van der Waals surface area contributed by atoms with E-state index in [4.69, 9.17) is 4.99 Å². The highest BCUT2D eigenvalue weighted by Gasteiger charge is 2.22. The summed E-state index contributed by atoms with van der Waals surface area (Å²) in [6.45, 7) is 3.61. The molecule has 2 N–H and O–H groups in total. The summed E-state index contributed by atoms with van der Waals surface area (Å²) in [6.07, 6.45) is 8.05. The van der Waals surface area contributed by atoms with Crippen LogP contribution in [0.15, 0.2) is 48.0 Å². The first-order valence-corrected chi connectivity index (χ1v) is 7.48. The second-order valence-corrected chi connectivity index (χ2v) is 5.21. The average molecular weight is 411 g/mol. The predicted octanol–water partition coefficient (Wildman–Crippen LogP) is 2.71. The molecule has 0 amide bonds. The maximum atomic E-state index is 4.70. The summed E-state index contributed by atoms with van der Waals surface area (Å²) in [5, 5.41) is 6.73. The molecule has 1 aromatic heterocycles. The fourth-order valence-corrected chi connectivity index (χ4v) is 2.20. The second-order valence-electron chi connectivity index (χ2n) is 5.21. The summed E-state index contributed by atoms with van der Waals surface area (Å²) < 4.78 is 2.02. The van der Waals surface area contributed by atoms with Crippen molar-refractivity contribution in [2.24, 2.45) is 4.99 Å². The molecule has 0 saturated heterocycles. The summed E-state index contributed by atoms with van der Waals surface area (Å²) in [5.74, 6) is 0.903. The van der Waals surface area contributed by atoms with Crippen molar-refractivity contribution in [3.05, 3.63) is 48.5 Å². The number of imidazole rings is 1. The van der Waals surface area contributed by atoms with Crippen LogP contribution in [0.25, 0.3) is 5.69 Å². The van der Waals surface area contributed by atoms with Crippen LogP contribution in [0.5, 0.6) is 0 Å². The summed E-state index contributed by atoms with van der Waals surface area (Å²) in [6, 6.07) is 8.89. The third-order valence-corrected chi connectivity index (χ3v) is 3.44. The molecule has 0 radical (unpaired) electrons. The molecule has 5 nitrogen and oxygen atoms in total. The number of aromatic nitrogens is 2. The number of hydrogen-bond donors (Lipinski definition) is 2. The maximum Gasteiger partial charge on any atom is 0.191 e. The van der Waals surface area contributed by atoms with Crippen LogP contribution < -0.4 is 10.6 Å². The van der Waals surface area contributed by atoms with Crippen molar-refractivity contribution in [1.29, 1.82) is 0 Å². The zero-order valence-electron chi connectivity index (χ0n) is 12.7. The van der Waals surface area contributed by atoms with Crippen LogP contribution >= 0.6 is 24.0 Å². The van der Waals surface area contributed by atoms with Crippen molar-refractivity contribution >= 4 is 29.9 Å². The lowest BCUT2D eigenvalue weighted by Crippen LogP contribution is -2.38. The number of nitrogens with one attached hydrogen (secondary N) is 2. The molecule has 1 aromatic carbocycles. The Labute approximate surface area is 148 Å². The first kappa shape index (κ1) is 16.8. The molecule has 1 saturated carbocycles.